The molecule has 2 aromatic rings. The number of benzene rings is 1. The van der Waals surface area contributed by atoms with Gasteiger partial charge in [-0.25, -0.2) is 8.42 Å². The minimum atomic E-state index is -3.48. The third-order valence-electron chi connectivity index (χ3n) is 4.70. The molecule has 0 spiro atoms. The lowest BCUT2D eigenvalue weighted by Crippen LogP contribution is -2.40. The summed E-state index contributed by atoms with van der Waals surface area (Å²) < 4.78 is 27.1. The van der Waals surface area contributed by atoms with Crippen LogP contribution in [0.4, 0.5) is 0 Å². The molecule has 0 atom stereocenters. The Morgan fingerprint density at radius 1 is 1.12 bits per heavy atom. The molecule has 1 fully saturated rings. The molecule has 3 rings (SSSR count). The maximum atomic E-state index is 12.8. The van der Waals surface area contributed by atoms with Crippen LogP contribution in [-0.2, 0) is 10.0 Å². The summed E-state index contributed by atoms with van der Waals surface area (Å²) in [4.78, 5) is 13.5. The summed E-state index contributed by atoms with van der Waals surface area (Å²) >= 11 is 1.45. The molecule has 24 heavy (non-hydrogen) atoms. The molecule has 4 nitrogen and oxygen atoms in total. The second kappa shape index (κ2) is 6.78. The van der Waals surface area contributed by atoms with E-state index in [0.29, 0.717) is 30.8 Å². The Morgan fingerprint density at radius 3 is 2.42 bits per heavy atom. The lowest BCUT2D eigenvalue weighted by Gasteiger charge is -2.30. The van der Waals surface area contributed by atoms with Crippen molar-refractivity contribution in [1.82, 2.24) is 4.31 Å². The molecular weight excluding hydrogens is 342 g/mol. The van der Waals surface area contributed by atoms with Crippen LogP contribution in [0.5, 0.6) is 0 Å². The van der Waals surface area contributed by atoms with Gasteiger partial charge in [0.05, 0.1) is 9.77 Å². The summed E-state index contributed by atoms with van der Waals surface area (Å²) in [5.74, 6) is 0.0723. The Labute approximate surface area is 147 Å². The number of carbonyl (C=O) groups is 1. The second-order valence-electron chi connectivity index (χ2n) is 6.27. The average Bonchev–Trinajstić information content (AvgIpc) is 3.11. The fraction of sp³-hybridized carbons (Fsp3) is 0.389. The molecule has 1 aromatic carbocycles. The standard InChI is InChI=1S/C18H21NO3S2/c1-13-5-6-16(12-14(13)2)24(21,22)19-9-7-15(8-10-19)18(20)17-4-3-11-23-17/h3-6,11-12,15H,7-10H2,1-2H3. The molecule has 0 unspecified atom stereocenters. The molecule has 128 valence electrons. The Morgan fingerprint density at radius 2 is 1.83 bits per heavy atom. The van der Waals surface area contributed by atoms with Gasteiger partial charge in [-0.3, -0.25) is 4.79 Å². The maximum absolute atomic E-state index is 12.8. The number of ketones is 1. The van der Waals surface area contributed by atoms with Gasteiger partial charge in [-0.1, -0.05) is 12.1 Å². The van der Waals surface area contributed by atoms with E-state index in [2.05, 4.69) is 0 Å². The number of hydrogen-bond acceptors (Lipinski definition) is 4. The fourth-order valence-electron chi connectivity index (χ4n) is 3.00. The summed E-state index contributed by atoms with van der Waals surface area (Å²) in [6, 6.07) is 8.95. The minimum Gasteiger partial charge on any atom is -0.293 e. The molecule has 0 saturated carbocycles. The Bertz CT molecular complexity index is 833. The van der Waals surface area contributed by atoms with Gasteiger partial charge < -0.3 is 0 Å². The lowest BCUT2D eigenvalue weighted by molar-refractivity contribution is 0.0879. The first-order valence-corrected chi connectivity index (χ1v) is 10.4. The number of aryl methyl sites for hydroxylation is 2. The van der Waals surface area contributed by atoms with Crippen molar-refractivity contribution in [2.24, 2.45) is 5.92 Å². The highest BCUT2D eigenvalue weighted by Gasteiger charge is 2.32. The van der Waals surface area contributed by atoms with Crippen molar-refractivity contribution < 1.29 is 13.2 Å². The first-order valence-electron chi connectivity index (χ1n) is 8.04. The smallest absolute Gasteiger partial charge is 0.243 e. The number of hydrogen-bond donors (Lipinski definition) is 0. The SMILES string of the molecule is Cc1ccc(S(=O)(=O)N2CCC(C(=O)c3cccs3)CC2)cc1C. The van der Waals surface area contributed by atoms with Gasteiger partial charge in [-0.05, 0) is 61.4 Å². The predicted octanol–water partition coefficient (Wildman–Crippen LogP) is 3.65. The van der Waals surface area contributed by atoms with E-state index < -0.39 is 10.0 Å². The minimum absolute atomic E-state index is 0.0742. The van der Waals surface area contributed by atoms with Crippen molar-refractivity contribution >= 4 is 27.1 Å². The van der Waals surface area contributed by atoms with Crippen LogP contribution in [0.2, 0.25) is 0 Å². The van der Waals surface area contributed by atoms with Crippen molar-refractivity contribution in [3.63, 3.8) is 0 Å². The van der Waals surface area contributed by atoms with E-state index in [-0.39, 0.29) is 11.7 Å². The normalized spacial score (nSPS) is 17.1. The Kier molecular flexibility index (Phi) is 4.90. The number of rotatable bonds is 4. The van der Waals surface area contributed by atoms with Crippen LogP contribution in [0.15, 0.2) is 40.6 Å². The van der Waals surface area contributed by atoms with Crippen LogP contribution in [-0.4, -0.2) is 31.6 Å². The summed E-state index contributed by atoms with van der Waals surface area (Å²) in [7, 11) is -3.48. The average molecular weight is 364 g/mol. The maximum Gasteiger partial charge on any atom is 0.243 e. The number of sulfonamides is 1. The molecule has 0 aliphatic carbocycles. The number of carbonyl (C=O) groups excluding carboxylic acids is 1. The largest absolute Gasteiger partial charge is 0.293 e. The zero-order valence-electron chi connectivity index (χ0n) is 13.9. The van der Waals surface area contributed by atoms with Crippen molar-refractivity contribution in [2.45, 2.75) is 31.6 Å². The third kappa shape index (κ3) is 3.31. The highest BCUT2D eigenvalue weighted by atomic mass is 32.2. The monoisotopic (exact) mass is 363 g/mol. The van der Waals surface area contributed by atoms with E-state index in [4.69, 9.17) is 0 Å². The van der Waals surface area contributed by atoms with E-state index >= 15 is 0 Å². The van der Waals surface area contributed by atoms with Crippen LogP contribution >= 0.6 is 11.3 Å². The van der Waals surface area contributed by atoms with E-state index in [0.717, 1.165) is 16.0 Å². The molecule has 1 saturated heterocycles. The number of Topliss-reactive ketones (excluding diaryl/α,β-unsaturated/α-hetero) is 1. The van der Waals surface area contributed by atoms with Gasteiger partial charge in [0, 0.05) is 19.0 Å². The highest BCUT2D eigenvalue weighted by Crippen LogP contribution is 2.28. The van der Waals surface area contributed by atoms with Gasteiger partial charge in [-0.2, -0.15) is 4.31 Å². The third-order valence-corrected chi connectivity index (χ3v) is 7.48. The van der Waals surface area contributed by atoms with E-state index in [9.17, 15) is 13.2 Å². The van der Waals surface area contributed by atoms with Gasteiger partial charge in [-0.15, -0.1) is 11.3 Å². The Hall–Kier alpha value is -1.50. The molecule has 2 heterocycles. The zero-order valence-corrected chi connectivity index (χ0v) is 15.5. The van der Waals surface area contributed by atoms with Gasteiger partial charge in [0.15, 0.2) is 5.78 Å². The van der Waals surface area contributed by atoms with E-state index in [1.165, 1.54) is 15.6 Å². The Balaban J connectivity index is 1.71. The first kappa shape index (κ1) is 17.3. The van der Waals surface area contributed by atoms with Crippen LogP contribution in [0, 0.1) is 19.8 Å². The van der Waals surface area contributed by atoms with Gasteiger partial charge in [0.25, 0.3) is 0 Å². The summed E-state index contributed by atoms with van der Waals surface area (Å²) in [5.41, 5.74) is 2.05. The van der Waals surface area contributed by atoms with Crippen LogP contribution < -0.4 is 0 Å². The van der Waals surface area contributed by atoms with Crippen LogP contribution in [0.3, 0.4) is 0 Å². The molecule has 1 aliphatic heterocycles. The quantitative estimate of drug-likeness (QED) is 0.779. The molecule has 0 bridgehead atoms. The second-order valence-corrected chi connectivity index (χ2v) is 9.15. The van der Waals surface area contributed by atoms with Crippen molar-refractivity contribution in [1.29, 1.82) is 0 Å². The first-order chi connectivity index (χ1) is 11.4. The molecular formula is C18H21NO3S2. The van der Waals surface area contributed by atoms with E-state index in [1.54, 1.807) is 12.1 Å². The van der Waals surface area contributed by atoms with Crippen molar-refractivity contribution in [2.75, 3.05) is 13.1 Å². The fourth-order valence-corrected chi connectivity index (χ4v) is 5.30. The molecule has 0 radical (unpaired) electrons. The molecule has 6 heteroatoms. The van der Waals surface area contributed by atoms with Crippen molar-refractivity contribution in [3.05, 3.63) is 51.7 Å². The lowest BCUT2D eigenvalue weighted by atomic mass is 9.93. The topological polar surface area (TPSA) is 54.5 Å². The number of nitrogens with zero attached hydrogens (tertiary/aromatic N) is 1. The summed E-state index contributed by atoms with van der Waals surface area (Å²) in [6.07, 6.45) is 1.17. The summed E-state index contributed by atoms with van der Waals surface area (Å²) in [5, 5.41) is 1.90. The van der Waals surface area contributed by atoms with Crippen LogP contribution in [0.1, 0.15) is 33.6 Å². The predicted molar refractivity (Wildman–Crippen MR) is 96.0 cm³/mol. The van der Waals surface area contributed by atoms with Crippen LogP contribution in [0.25, 0.3) is 0 Å². The molecule has 0 N–H and O–H groups in total. The number of piperidine rings is 1. The van der Waals surface area contributed by atoms with Crippen molar-refractivity contribution in [3.8, 4) is 0 Å². The summed E-state index contributed by atoms with van der Waals surface area (Å²) in [6.45, 7) is 4.68. The number of thiophene rings is 1. The molecule has 1 aliphatic rings. The van der Waals surface area contributed by atoms with E-state index in [1.807, 2.05) is 37.4 Å². The zero-order chi connectivity index (χ0) is 17.3. The molecule has 1 aromatic heterocycles. The highest BCUT2D eigenvalue weighted by molar-refractivity contribution is 7.89. The van der Waals surface area contributed by atoms with Gasteiger partial charge >= 0.3 is 0 Å². The molecule has 0 amide bonds. The van der Waals surface area contributed by atoms with Gasteiger partial charge in [0.2, 0.25) is 10.0 Å². The van der Waals surface area contributed by atoms with Gasteiger partial charge in [0.1, 0.15) is 0 Å².